The Bertz CT molecular complexity index is 462. The summed E-state index contributed by atoms with van der Waals surface area (Å²) in [5, 5.41) is 3.48. The molecule has 1 heterocycles. The molecule has 0 aliphatic carbocycles. The third kappa shape index (κ3) is 3.20. The number of aryl methyl sites for hydroxylation is 1. The second-order valence-electron chi connectivity index (χ2n) is 4.57. The van der Waals surface area contributed by atoms with Gasteiger partial charge in [-0.15, -0.1) is 0 Å². The van der Waals surface area contributed by atoms with Gasteiger partial charge in [-0.1, -0.05) is 37.3 Å². The minimum atomic E-state index is 0.524. The Labute approximate surface area is 109 Å². The van der Waals surface area contributed by atoms with Crippen LogP contribution in [-0.4, -0.2) is 16.1 Å². The first-order valence-electron chi connectivity index (χ1n) is 6.57. The van der Waals surface area contributed by atoms with Crippen LogP contribution in [0.25, 0.3) is 0 Å². The van der Waals surface area contributed by atoms with Crippen LogP contribution in [0.4, 0.5) is 0 Å². The second kappa shape index (κ2) is 6.36. The van der Waals surface area contributed by atoms with Crippen molar-refractivity contribution in [3.05, 3.63) is 54.1 Å². The number of aromatic nitrogens is 2. The summed E-state index contributed by atoms with van der Waals surface area (Å²) in [4.78, 5) is 4.36. The standard InChI is InChI=1S/C15H21N3/c1-3-18-10-9-17-15(18)12-16-11-13(2)14-7-5-4-6-8-14/h4-10,13,16H,3,11-12H2,1-2H3. The van der Waals surface area contributed by atoms with E-state index in [0.717, 1.165) is 25.5 Å². The summed E-state index contributed by atoms with van der Waals surface area (Å²) in [5.41, 5.74) is 1.38. The lowest BCUT2D eigenvalue weighted by molar-refractivity contribution is 0.576. The van der Waals surface area contributed by atoms with Gasteiger partial charge in [-0.25, -0.2) is 4.98 Å². The zero-order valence-corrected chi connectivity index (χ0v) is 11.1. The van der Waals surface area contributed by atoms with E-state index < -0.39 is 0 Å². The van der Waals surface area contributed by atoms with Crippen molar-refractivity contribution < 1.29 is 0 Å². The fourth-order valence-electron chi connectivity index (χ4n) is 2.10. The molecule has 0 aliphatic rings. The molecule has 1 aromatic carbocycles. The molecular weight excluding hydrogens is 222 g/mol. The molecule has 2 rings (SSSR count). The smallest absolute Gasteiger partial charge is 0.122 e. The monoisotopic (exact) mass is 243 g/mol. The van der Waals surface area contributed by atoms with Gasteiger partial charge in [0.15, 0.2) is 0 Å². The van der Waals surface area contributed by atoms with Crippen molar-refractivity contribution in [2.75, 3.05) is 6.54 Å². The summed E-state index contributed by atoms with van der Waals surface area (Å²) >= 11 is 0. The number of nitrogens with one attached hydrogen (secondary N) is 1. The Kier molecular flexibility index (Phi) is 4.53. The number of hydrogen-bond donors (Lipinski definition) is 1. The first-order valence-corrected chi connectivity index (χ1v) is 6.57. The van der Waals surface area contributed by atoms with Gasteiger partial charge in [0.05, 0.1) is 6.54 Å². The fraction of sp³-hybridized carbons (Fsp3) is 0.400. The Morgan fingerprint density at radius 3 is 2.78 bits per heavy atom. The van der Waals surface area contributed by atoms with Gasteiger partial charge in [0.1, 0.15) is 5.82 Å². The molecule has 0 saturated carbocycles. The van der Waals surface area contributed by atoms with E-state index in [1.807, 2.05) is 12.4 Å². The van der Waals surface area contributed by atoms with Gasteiger partial charge in [-0.2, -0.15) is 0 Å². The van der Waals surface area contributed by atoms with Crippen LogP contribution in [0.2, 0.25) is 0 Å². The highest BCUT2D eigenvalue weighted by molar-refractivity contribution is 5.18. The highest BCUT2D eigenvalue weighted by Crippen LogP contribution is 2.13. The van der Waals surface area contributed by atoms with Crippen LogP contribution in [0.15, 0.2) is 42.7 Å². The minimum absolute atomic E-state index is 0.524. The summed E-state index contributed by atoms with van der Waals surface area (Å²) in [6, 6.07) is 10.6. The van der Waals surface area contributed by atoms with Gasteiger partial charge < -0.3 is 9.88 Å². The first-order chi connectivity index (χ1) is 8.81. The number of rotatable bonds is 6. The summed E-state index contributed by atoms with van der Waals surface area (Å²) in [7, 11) is 0. The molecule has 1 aromatic heterocycles. The van der Waals surface area contributed by atoms with Crippen molar-refractivity contribution in [1.82, 2.24) is 14.9 Å². The molecule has 96 valence electrons. The van der Waals surface area contributed by atoms with E-state index in [-0.39, 0.29) is 0 Å². The third-order valence-corrected chi connectivity index (χ3v) is 3.24. The van der Waals surface area contributed by atoms with E-state index in [1.54, 1.807) is 0 Å². The van der Waals surface area contributed by atoms with Crippen molar-refractivity contribution in [1.29, 1.82) is 0 Å². The SMILES string of the molecule is CCn1ccnc1CNCC(C)c1ccccc1. The maximum absolute atomic E-state index is 4.36. The predicted octanol–water partition coefficient (Wildman–Crippen LogP) is 2.80. The van der Waals surface area contributed by atoms with E-state index in [1.165, 1.54) is 5.56 Å². The van der Waals surface area contributed by atoms with Gasteiger partial charge in [0, 0.05) is 25.5 Å². The van der Waals surface area contributed by atoms with E-state index in [2.05, 4.69) is 59.0 Å². The zero-order chi connectivity index (χ0) is 12.8. The van der Waals surface area contributed by atoms with Gasteiger partial charge in [0.2, 0.25) is 0 Å². The maximum Gasteiger partial charge on any atom is 0.122 e. The quantitative estimate of drug-likeness (QED) is 0.845. The zero-order valence-electron chi connectivity index (χ0n) is 11.1. The second-order valence-corrected chi connectivity index (χ2v) is 4.57. The van der Waals surface area contributed by atoms with Crippen LogP contribution in [0.1, 0.15) is 31.2 Å². The topological polar surface area (TPSA) is 29.9 Å². The molecule has 0 saturated heterocycles. The maximum atomic E-state index is 4.36. The summed E-state index contributed by atoms with van der Waals surface area (Å²) < 4.78 is 2.17. The molecule has 1 atom stereocenters. The largest absolute Gasteiger partial charge is 0.334 e. The fourth-order valence-corrected chi connectivity index (χ4v) is 2.10. The Morgan fingerprint density at radius 2 is 2.06 bits per heavy atom. The summed E-state index contributed by atoms with van der Waals surface area (Å²) in [6.45, 7) is 7.16. The molecule has 2 aromatic rings. The molecule has 0 radical (unpaired) electrons. The van der Waals surface area contributed by atoms with Crippen LogP contribution in [0.5, 0.6) is 0 Å². The predicted molar refractivity (Wildman–Crippen MR) is 74.5 cm³/mol. The normalized spacial score (nSPS) is 12.6. The molecule has 18 heavy (non-hydrogen) atoms. The molecule has 1 unspecified atom stereocenters. The van der Waals surface area contributed by atoms with Crippen LogP contribution in [0.3, 0.4) is 0 Å². The van der Waals surface area contributed by atoms with Crippen molar-refractivity contribution in [2.24, 2.45) is 0 Å². The lowest BCUT2D eigenvalue weighted by Crippen LogP contribution is -2.21. The van der Waals surface area contributed by atoms with E-state index in [0.29, 0.717) is 5.92 Å². The molecule has 0 aliphatic heterocycles. The molecule has 0 fully saturated rings. The lowest BCUT2D eigenvalue weighted by atomic mass is 10.0. The number of hydrogen-bond acceptors (Lipinski definition) is 2. The average molecular weight is 243 g/mol. The molecule has 0 amide bonds. The molecule has 3 heteroatoms. The average Bonchev–Trinajstić information content (AvgIpc) is 2.87. The lowest BCUT2D eigenvalue weighted by Gasteiger charge is -2.13. The number of benzene rings is 1. The van der Waals surface area contributed by atoms with Gasteiger partial charge in [0.25, 0.3) is 0 Å². The summed E-state index contributed by atoms with van der Waals surface area (Å²) in [6.07, 6.45) is 3.89. The number of imidazole rings is 1. The van der Waals surface area contributed by atoms with Crippen molar-refractivity contribution in [3.63, 3.8) is 0 Å². The van der Waals surface area contributed by atoms with Crippen LogP contribution in [0, 0.1) is 0 Å². The molecule has 3 nitrogen and oxygen atoms in total. The van der Waals surface area contributed by atoms with E-state index in [4.69, 9.17) is 0 Å². The molecular formula is C15H21N3. The van der Waals surface area contributed by atoms with E-state index in [9.17, 15) is 0 Å². The highest BCUT2D eigenvalue weighted by atomic mass is 15.1. The van der Waals surface area contributed by atoms with Crippen LogP contribution in [-0.2, 0) is 13.1 Å². The highest BCUT2D eigenvalue weighted by Gasteiger charge is 2.05. The Hall–Kier alpha value is -1.61. The molecule has 0 spiro atoms. The van der Waals surface area contributed by atoms with Gasteiger partial charge in [-0.05, 0) is 18.4 Å². The third-order valence-electron chi connectivity index (χ3n) is 3.24. The first kappa shape index (κ1) is 12.8. The number of nitrogens with zero attached hydrogens (tertiary/aromatic N) is 2. The van der Waals surface area contributed by atoms with Crippen molar-refractivity contribution >= 4 is 0 Å². The molecule has 1 N–H and O–H groups in total. The van der Waals surface area contributed by atoms with Crippen LogP contribution < -0.4 is 5.32 Å². The Balaban J connectivity index is 1.82. The van der Waals surface area contributed by atoms with Crippen LogP contribution >= 0.6 is 0 Å². The summed E-state index contributed by atoms with van der Waals surface area (Å²) in [5.74, 6) is 1.63. The van der Waals surface area contributed by atoms with E-state index >= 15 is 0 Å². The Morgan fingerprint density at radius 1 is 1.28 bits per heavy atom. The van der Waals surface area contributed by atoms with Gasteiger partial charge >= 0.3 is 0 Å². The van der Waals surface area contributed by atoms with Crippen molar-refractivity contribution in [2.45, 2.75) is 32.9 Å². The van der Waals surface area contributed by atoms with Gasteiger partial charge in [-0.3, -0.25) is 0 Å². The molecule has 0 bridgehead atoms. The minimum Gasteiger partial charge on any atom is -0.334 e. The van der Waals surface area contributed by atoms with Crippen molar-refractivity contribution in [3.8, 4) is 0 Å².